The maximum absolute atomic E-state index is 12.5. The van der Waals surface area contributed by atoms with Crippen LogP contribution in [0.25, 0.3) is 0 Å². The molecule has 3 rings (SSSR count). The first kappa shape index (κ1) is 16.0. The molecule has 0 bridgehead atoms. The molecule has 0 spiro atoms. The van der Waals surface area contributed by atoms with Gasteiger partial charge in [0.05, 0.1) is 20.3 Å². The van der Waals surface area contributed by atoms with Crippen molar-refractivity contribution in [3.8, 4) is 23.0 Å². The van der Waals surface area contributed by atoms with Crippen LogP contribution in [0.5, 0.6) is 23.0 Å². The summed E-state index contributed by atoms with van der Waals surface area (Å²) < 4.78 is 21.1. The molecule has 126 valence electrons. The lowest BCUT2D eigenvalue weighted by Crippen LogP contribution is -2.26. The van der Waals surface area contributed by atoms with E-state index in [1.54, 1.807) is 25.3 Å². The van der Waals surface area contributed by atoms with Gasteiger partial charge in [-0.2, -0.15) is 0 Å². The number of amides is 1. The minimum Gasteiger partial charge on any atom is -0.493 e. The van der Waals surface area contributed by atoms with Crippen molar-refractivity contribution in [2.24, 2.45) is 0 Å². The lowest BCUT2D eigenvalue weighted by molar-refractivity contribution is 0.0939. The Kier molecular flexibility index (Phi) is 4.46. The van der Waals surface area contributed by atoms with Crippen LogP contribution >= 0.6 is 0 Å². The van der Waals surface area contributed by atoms with Crippen LogP contribution in [0.4, 0.5) is 0 Å². The molecule has 2 aromatic rings. The smallest absolute Gasteiger partial charge is 0.251 e. The number of fused-ring (bicyclic) bond motifs is 1. The zero-order valence-corrected chi connectivity index (χ0v) is 13.8. The molecule has 24 heavy (non-hydrogen) atoms. The molecular weight excluding hydrogens is 310 g/mol. The van der Waals surface area contributed by atoms with E-state index in [1.807, 2.05) is 25.1 Å². The molecule has 6 heteroatoms. The Labute approximate surface area is 140 Å². The van der Waals surface area contributed by atoms with E-state index in [-0.39, 0.29) is 18.7 Å². The fraction of sp³-hybridized carbons (Fsp3) is 0.278. The summed E-state index contributed by atoms with van der Waals surface area (Å²) in [5.74, 6) is 2.32. The largest absolute Gasteiger partial charge is 0.493 e. The van der Waals surface area contributed by atoms with E-state index >= 15 is 0 Å². The summed E-state index contributed by atoms with van der Waals surface area (Å²) in [5.41, 5.74) is 1.44. The van der Waals surface area contributed by atoms with Crippen molar-refractivity contribution in [1.82, 2.24) is 5.32 Å². The van der Waals surface area contributed by atoms with Crippen molar-refractivity contribution in [2.45, 2.75) is 13.0 Å². The molecule has 1 heterocycles. The summed E-state index contributed by atoms with van der Waals surface area (Å²) in [5, 5.41) is 2.96. The van der Waals surface area contributed by atoms with E-state index < -0.39 is 0 Å². The van der Waals surface area contributed by atoms with Gasteiger partial charge in [-0.25, -0.2) is 0 Å². The van der Waals surface area contributed by atoms with Crippen molar-refractivity contribution >= 4 is 5.91 Å². The van der Waals surface area contributed by atoms with Gasteiger partial charge in [0.2, 0.25) is 6.79 Å². The van der Waals surface area contributed by atoms with E-state index in [0.717, 1.165) is 11.3 Å². The van der Waals surface area contributed by atoms with E-state index in [2.05, 4.69) is 5.32 Å². The van der Waals surface area contributed by atoms with Gasteiger partial charge in [-0.15, -0.1) is 0 Å². The van der Waals surface area contributed by atoms with Gasteiger partial charge in [0.1, 0.15) is 0 Å². The lowest BCUT2D eigenvalue weighted by atomic mass is 10.1. The minimum atomic E-state index is -0.193. The standard InChI is InChI=1S/C18H19NO5/c1-11(12-4-7-15-17(8-12)24-10-23-15)19-18(20)13-5-6-14(21-2)16(9-13)22-3/h4-9,11H,10H2,1-3H3,(H,19,20). The summed E-state index contributed by atoms with van der Waals surface area (Å²) >= 11 is 0. The number of carbonyl (C=O) groups is 1. The highest BCUT2D eigenvalue weighted by molar-refractivity contribution is 5.95. The highest BCUT2D eigenvalue weighted by Crippen LogP contribution is 2.34. The van der Waals surface area contributed by atoms with E-state index in [4.69, 9.17) is 18.9 Å². The molecule has 1 aliphatic heterocycles. The first-order valence-corrected chi connectivity index (χ1v) is 7.55. The average Bonchev–Trinajstić information content (AvgIpc) is 3.08. The molecular formula is C18H19NO5. The second kappa shape index (κ2) is 6.70. The molecule has 1 atom stereocenters. The molecule has 1 N–H and O–H groups in total. The highest BCUT2D eigenvalue weighted by Gasteiger charge is 2.18. The van der Waals surface area contributed by atoms with Crippen molar-refractivity contribution < 1.29 is 23.7 Å². The highest BCUT2D eigenvalue weighted by atomic mass is 16.7. The molecule has 1 aliphatic rings. The van der Waals surface area contributed by atoms with Crippen molar-refractivity contribution in [1.29, 1.82) is 0 Å². The van der Waals surface area contributed by atoms with Crippen LogP contribution in [0.2, 0.25) is 0 Å². The molecule has 0 radical (unpaired) electrons. The molecule has 1 amide bonds. The number of ether oxygens (including phenoxy) is 4. The van der Waals surface area contributed by atoms with Gasteiger partial charge >= 0.3 is 0 Å². The fourth-order valence-corrected chi connectivity index (χ4v) is 2.52. The maximum Gasteiger partial charge on any atom is 0.251 e. The van der Waals surface area contributed by atoms with Crippen LogP contribution in [0, 0.1) is 0 Å². The van der Waals surface area contributed by atoms with Gasteiger partial charge < -0.3 is 24.3 Å². The molecule has 0 aliphatic carbocycles. The van der Waals surface area contributed by atoms with Gasteiger partial charge in [0, 0.05) is 5.56 Å². The Morgan fingerprint density at radius 3 is 2.54 bits per heavy atom. The average molecular weight is 329 g/mol. The monoisotopic (exact) mass is 329 g/mol. The van der Waals surface area contributed by atoms with E-state index in [0.29, 0.717) is 22.8 Å². The van der Waals surface area contributed by atoms with Gasteiger partial charge in [0.25, 0.3) is 5.91 Å². The predicted octanol–water partition coefficient (Wildman–Crippen LogP) is 2.92. The summed E-state index contributed by atoms with van der Waals surface area (Å²) in [7, 11) is 3.09. The normalized spacial score (nSPS) is 13.3. The molecule has 0 aromatic heterocycles. The quantitative estimate of drug-likeness (QED) is 0.913. The van der Waals surface area contributed by atoms with Gasteiger partial charge in [0.15, 0.2) is 23.0 Å². The van der Waals surface area contributed by atoms with Gasteiger partial charge in [-0.1, -0.05) is 6.07 Å². The molecule has 0 fully saturated rings. The summed E-state index contributed by atoms with van der Waals surface area (Å²) in [6.07, 6.45) is 0. The van der Waals surface area contributed by atoms with Crippen LogP contribution in [0.3, 0.4) is 0 Å². The second-order valence-electron chi connectivity index (χ2n) is 5.38. The first-order valence-electron chi connectivity index (χ1n) is 7.55. The summed E-state index contributed by atoms with van der Waals surface area (Å²) in [6, 6.07) is 10.5. The maximum atomic E-state index is 12.5. The molecule has 0 saturated carbocycles. The van der Waals surface area contributed by atoms with Crippen LogP contribution < -0.4 is 24.3 Å². The van der Waals surface area contributed by atoms with Crippen LogP contribution in [-0.2, 0) is 0 Å². The molecule has 0 saturated heterocycles. The third-order valence-corrected chi connectivity index (χ3v) is 3.89. The number of nitrogens with one attached hydrogen (secondary N) is 1. The Balaban J connectivity index is 1.74. The van der Waals surface area contributed by atoms with Crippen LogP contribution in [0.1, 0.15) is 28.9 Å². The topological polar surface area (TPSA) is 66.0 Å². The van der Waals surface area contributed by atoms with Gasteiger partial charge in [-0.3, -0.25) is 4.79 Å². The third-order valence-electron chi connectivity index (χ3n) is 3.89. The Bertz CT molecular complexity index is 759. The lowest BCUT2D eigenvalue weighted by Gasteiger charge is -2.16. The van der Waals surface area contributed by atoms with Crippen molar-refractivity contribution in [3.05, 3.63) is 47.5 Å². The number of hydrogen-bond acceptors (Lipinski definition) is 5. The SMILES string of the molecule is COc1ccc(C(=O)NC(C)c2ccc3c(c2)OCO3)cc1OC. The number of methoxy groups -OCH3 is 2. The minimum absolute atomic E-state index is 0.180. The zero-order chi connectivity index (χ0) is 17.1. The Morgan fingerprint density at radius 1 is 1.04 bits per heavy atom. The van der Waals surface area contributed by atoms with Crippen LogP contribution in [0.15, 0.2) is 36.4 Å². The van der Waals surface area contributed by atoms with Crippen LogP contribution in [-0.4, -0.2) is 26.9 Å². The van der Waals surface area contributed by atoms with Crippen molar-refractivity contribution in [2.75, 3.05) is 21.0 Å². The summed E-state index contributed by atoms with van der Waals surface area (Å²) in [6.45, 7) is 2.14. The van der Waals surface area contributed by atoms with E-state index in [9.17, 15) is 4.79 Å². The number of rotatable bonds is 5. The number of carbonyl (C=O) groups excluding carboxylic acids is 1. The third kappa shape index (κ3) is 3.08. The zero-order valence-electron chi connectivity index (χ0n) is 13.8. The summed E-state index contributed by atoms with van der Waals surface area (Å²) in [4.78, 5) is 12.5. The van der Waals surface area contributed by atoms with Gasteiger partial charge in [-0.05, 0) is 42.8 Å². The molecule has 1 unspecified atom stereocenters. The Hall–Kier alpha value is -2.89. The number of hydrogen-bond donors (Lipinski definition) is 1. The fourth-order valence-electron chi connectivity index (χ4n) is 2.52. The predicted molar refractivity (Wildman–Crippen MR) is 88.0 cm³/mol. The van der Waals surface area contributed by atoms with Crippen molar-refractivity contribution in [3.63, 3.8) is 0 Å². The molecule has 2 aromatic carbocycles. The second-order valence-corrected chi connectivity index (χ2v) is 5.38. The molecule has 6 nitrogen and oxygen atoms in total. The number of benzene rings is 2. The van der Waals surface area contributed by atoms with E-state index in [1.165, 1.54) is 7.11 Å². The Morgan fingerprint density at radius 2 is 1.79 bits per heavy atom. The first-order chi connectivity index (χ1) is 11.6.